The molecule has 0 saturated heterocycles. The molecule has 0 atom stereocenters. The summed E-state index contributed by atoms with van der Waals surface area (Å²) in [7, 11) is 0. The van der Waals surface area contributed by atoms with Gasteiger partial charge in [0.25, 0.3) is 0 Å². The van der Waals surface area contributed by atoms with Gasteiger partial charge in [0.05, 0.1) is 5.57 Å². The third-order valence-electron chi connectivity index (χ3n) is 3.73. The number of hydrogen-bond donors (Lipinski definition) is 3. The molecule has 5 heteroatoms. The zero-order valence-electron chi connectivity index (χ0n) is 11.5. The smallest absolute Gasteiger partial charge is 0.339 e. The van der Waals surface area contributed by atoms with Crippen molar-refractivity contribution < 1.29 is 14.7 Å². The molecule has 0 radical (unpaired) electrons. The number of carboxylic acid groups (broad SMARTS) is 1. The number of carbonyl (C=O) groups is 2. The second-order valence-electron chi connectivity index (χ2n) is 5.00. The molecule has 0 spiro atoms. The van der Waals surface area contributed by atoms with Crippen LogP contribution < -0.4 is 5.32 Å². The molecule has 0 unspecified atom stereocenters. The van der Waals surface area contributed by atoms with Crippen LogP contribution in [0.3, 0.4) is 0 Å². The molecule has 5 nitrogen and oxygen atoms in total. The van der Waals surface area contributed by atoms with Gasteiger partial charge in [-0.05, 0) is 39.0 Å². The van der Waals surface area contributed by atoms with Crippen molar-refractivity contribution in [1.29, 1.82) is 5.41 Å². The Morgan fingerprint density at radius 3 is 2.26 bits per heavy atom. The van der Waals surface area contributed by atoms with Crippen molar-refractivity contribution in [2.24, 2.45) is 5.92 Å². The van der Waals surface area contributed by atoms with Crippen molar-refractivity contribution in [3.8, 4) is 0 Å². The first-order valence-corrected chi connectivity index (χ1v) is 6.73. The summed E-state index contributed by atoms with van der Waals surface area (Å²) in [5, 5.41) is 19.4. The van der Waals surface area contributed by atoms with E-state index in [0.29, 0.717) is 12.1 Å². The molecule has 0 aromatic rings. The monoisotopic (exact) mass is 266 g/mol. The molecule has 0 aromatic heterocycles. The number of carboxylic acids is 1. The van der Waals surface area contributed by atoms with Crippen LogP contribution >= 0.6 is 0 Å². The highest BCUT2D eigenvalue weighted by Gasteiger charge is 2.24. The lowest BCUT2D eigenvalue weighted by atomic mass is 9.84. The Morgan fingerprint density at radius 2 is 1.89 bits per heavy atom. The van der Waals surface area contributed by atoms with E-state index in [1.54, 1.807) is 6.92 Å². The summed E-state index contributed by atoms with van der Waals surface area (Å²) in [6.07, 6.45) is 4.91. The Labute approximate surface area is 113 Å². The molecule has 3 N–H and O–H groups in total. The summed E-state index contributed by atoms with van der Waals surface area (Å²) in [6, 6.07) is 0.208. The van der Waals surface area contributed by atoms with Gasteiger partial charge in [-0.15, -0.1) is 0 Å². The number of hydrogen-bond acceptors (Lipinski definition) is 4. The maximum Gasteiger partial charge on any atom is 0.339 e. The van der Waals surface area contributed by atoms with Crippen molar-refractivity contribution >= 4 is 18.0 Å². The van der Waals surface area contributed by atoms with E-state index in [1.807, 2.05) is 6.92 Å². The zero-order chi connectivity index (χ0) is 14.4. The number of aliphatic carboxylic acids is 1. The maximum absolute atomic E-state index is 11.3. The quantitative estimate of drug-likeness (QED) is 0.507. The van der Waals surface area contributed by atoms with E-state index in [9.17, 15) is 9.59 Å². The van der Waals surface area contributed by atoms with Crippen molar-refractivity contribution in [2.45, 2.75) is 52.0 Å². The normalized spacial score (nSPS) is 24.3. The fourth-order valence-electron chi connectivity index (χ4n) is 2.54. The molecule has 0 aromatic carbocycles. The first-order valence-electron chi connectivity index (χ1n) is 6.73. The Hall–Kier alpha value is -1.65. The molecular weight excluding hydrogens is 244 g/mol. The zero-order valence-corrected chi connectivity index (χ0v) is 11.5. The van der Waals surface area contributed by atoms with Gasteiger partial charge < -0.3 is 15.8 Å². The lowest BCUT2D eigenvalue weighted by molar-refractivity contribution is -0.132. The van der Waals surface area contributed by atoms with Gasteiger partial charge in [0.15, 0.2) is 0 Å². The Morgan fingerprint density at radius 1 is 1.32 bits per heavy atom. The molecule has 0 bridgehead atoms. The van der Waals surface area contributed by atoms with Crippen molar-refractivity contribution in [1.82, 2.24) is 5.32 Å². The van der Waals surface area contributed by atoms with Crippen molar-refractivity contribution in [3.05, 3.63) is 11.3 Å². The first kappa shape index (κ1) is 15.4. The molecule has 0 aliphatic heterocycles. The van der Waals surface area contributed by atoms with Gasteiger partial charge in [0, 0.05) is 23.9 Å². The molecule has 1 rings (SSSR count). The van der Waals surface area contributed by atoms with E-state index in [2.05, 4.69) is 5.32 Å². The molecule has 1 aliphatic rings. The third kappa shape index (κ3) is 4.19. The van der Waals surface area contributed by atoms with Crippen LogP contribution in [0.1, 0.15) is 46.0 Å². The first-order chi connectivity index (χ1) is 8.99. The number of ketones is 1. The van der Waals surface area contributed by atoms with Crippen LogP contribution in [0.25, 0.3) is 0 Å². The van der Waals surface area contributed by atoms with Crippen LogP contribution in [0.15, 0.2) is 11.3 Å². The lowest BCUT2D eigenvalue weighted by Gasteiger charge is -2.29. The van der Waals surface area contributed by atoms with Gasteiger partial charge in [-0.1, -0.05) is 6.92 Å². The Kier molecular flexibility index (Phi) is 5.73. The molecule has 19 heavy (non-hydrogen) atoms. The van der Waals surface area contributed by atoms with Crippen LogP contribution in [-0.4, -0.2) is 29.1 Å². The lowest BCUT2D eigenvalue weighted by Crippen LogP contribution is -2.35. The van der Waals surface area contributed by atoms with E-state index in [4.69, 9.17) is 10.5 Å². The van der Waals surface area contributed by atoms with Crippen LogP contribution in [0.2, 0.25) is 0 Å². The van der Waals surface area contributed by atoms with E-state index in [0.717, 1.165) is 31.9 Å². The summed E-state index contributed by atoms with van der Waals surface area (Å²) in [5.41, 5.74) is 0.630. The second-order valence-corrected chi connectivity index (χ2v) is 5.00. The number of carbonyl (C=O) groups excluding carboxylic acids is 1. The van der Waals surface area contributed by atoms with Crippen molar-refractivity contribution in [3.63, 3.8) is 0 Å². The highest BCUT2D eigenvalue weighted by atomic mass is 16.4. The summed E-state index contributed by atoms with van der Waals surface area (Å²) in [4.78, 5) is 22.3. The average Bonchev–Trinajstić information content (AvgIpc) is 2.38. The van der Waals surface area contributed by atoms with Gasteiger partial charge in [0.2, 0.25) is 0 Å². The Bertz CT molecular complexity index is 393. The molecule has 106 valence electrons. The highest BCUT2D eigenvalue weighted by Crippen LogP contribution is 2.26. The second kappa shape index (κ2) is 7.07. The van der Waals surface area contributed by atoms with Crippen LogP contribution in [0, 0.1) is 11.3 Å². The van der Waals surface area contributed by atoms with Gasteiger partial charge >= 0.3 is 5.97 Å². The van der Waals surface area contributed by atoms with E-state index in [-0.39, 0.29) is 23.3 Å². The average molecular weight is 266 g/mol. The van der Waals surface area contributed by atoms with Crippen molar-refractivity contribution in [2.75, 3.05) is 0 Å². The fourth-order valence-corrected chi connectivity index (χ4v) is 2.54. The summed E-state index contributed by atoms with van der Waals surface area (Å²) >= 11 is 0. The standard InChI is InChI=1S/C14H22N2O3/c1-3-13(12(8-15)14(18)19)16-11-6-4-10(5-7-11)9(2)17/h8,10-11,15-16H,3-7H2,1-2H3,(H,18,19)/b13-12+,15-8?/t10-,11-. The highest BCUT2D eigenvalue weighted by molar-refractivity contribution is 6.08. The molecule has 1 aliphatic carbocycles. The number of allylic oxidation sites excluding steroid dienone is 1. The number of nitrogens with one attached hydrogen (secondary N) is 2. The predicted octanol–water partition coefficient (Wildman–Crippen LogP) is 2.12. The molecule has 0 amide bonds. The molecule has 1 saturated carbocycles. The van der Waals surface area contributed by atoms with Gasteiger partial charge in [0.1, 0.15) is 5.78 Å². The summed E-state index contributed by atoms with van der Waals surface area (Å²) in [5.74, 6) is -0.666. The minimum atomic E-state index is -1.07. The predicted molar refractivity (Wildman–Crippen MR) is 73.3 cm³/mol. The van der Waals surface area contributed by atoms with E-state index in [1.165, 1.54) is 0 Å². The molecule has 0 heterocycles. The summed E-state index contributed by atoms with van der Waals surface area (Å²) < 4.78 is 0. The fraction of sp³-hybridized carbons (Fsp3) is 0.643. The topological polar surface area (TPSA) is 90.3 Å². The van der Waals surface area contributed by atoms with E-state index >= 15 is 0 Å². The minimum Gasteiger partial charge on any atom is -0.478 e. The minimum absolute atomic E-state index is 0.0243. The maximum atomic E-state index is 11.3. The van der Waals surface area contributed by atoms with Gasteiger partial charge in [-0.3, -0.25) is 4.79 Å². The third-order valence-corrected chi connectivity index (χ3v) is 3.73. The largest absolute Gasteiger partial charge is 0.478 e. The number of rotatable bonds is 6. The number of Topliss-reactive ketones (excluding diaryl/α,β-unsaturated/α-hetero) is 1. The Balaban J connectivity index is 2.66. The van der Waals surface area contributed by atoms with E-state index < -0.39 is 5.97 Å². The van der Waals surface area contributed by atoms with Crippen LogP contribution in [0.5, 0.6) is 0 Å². The molecule has 1 fully saturated rings. The van der Waals surface area contributed by atoms with Gasteiger partial charge in [-0.25, -0.2) is 4.79 Å². The summed E-state index contributed by atoms with van der Waals surface area (Å²) in [6.45, 7) is 3.50. The van der Waals surface area contributed by atoms with Crippen LogP contribution in [-0.2, 0) is 9.59 Å². The van der Waals surface area contributed by atoms with Crippen LogP contribution in [0.4, 0.5) is 0 Å². The van der Waals surface area contributed by atoms with Gasteiger partial charge in [-0.2, -0.15) is 0 Å². The SMILES string of the molecule is CC/C(N[C@H]1CC[C@H](C(C)=O)CC1)=C(/C=N)C(=O)O. The molecular formula is C14H22N2O3.